The van der Waals surface area contributed by atoms with E-state index in [-0.39, 0.29) is 11.5 Å². The van der Waals surface area contributed by atoms with Gasteiger partial charge in [-0.15, -0.1) is 0 Å². The van der Waals surface area contributed by atoms with Crippen LogP contribution in [0.25, 0.3) is 0 Å². The summed E-state index contributed by atoms with van der Waals surface area (Å²) in [6.45, 7) is 17.7. The van der Waals surface area contributed by atoms with Crippen molar-refractivity contribution in [3.8, 4) is 0 Å². The van der Waals surface area contributed by atoms with Gasteiger partial charge in [-0.2, -0.15) is 0 Å². The Morgan fingerprint density at radius 2 is 1.42 bits per heavy atom. The Bertz CT molecular complexity index is 709. The molecule has 2 spiro atoms. The van der Waals surface area contributed by atoms with Gasteiger partial charge in [0.2, 0.25) is 0 Å². The lowest BCUT2D eigenvalue weighted by atomic mass is 9.41. The molecule has 1 nitrogen and oxygen atoms in total. The number of hydrogen-bond donors (Lipinski definition) is 1. The zero-order valence-electron chi connectivity index (χ0n) is 21.9. The molecule has 0 aliphatic heterocycles. The van der Waals surface area contributed by atoms with Crippen LogP contribution in [0, 0.1) is 56.7 Å². The van der Waals surface area contributed by atoms with Crippen LogP contribution in [0.4, 0.5) is 0 Å². The van der Waals surface area contributed by atoms with Crippen LogP contribution in [0.5, 0.6) is 0 Å². The molecular formula is C30H52O. The van der Waals surface area contributed by atoms with Gasteiger partial charge in [-0.1, -0.05) is 67.7 Å². The molecule has 178 valence electrons. The summed E-state index contributed by atoms with van der Waals surface area (Å²) < 4.78 is 0. The minimum Gasteiger partial charge on any atom is -0.393 e. The molecule has 1 N–H and O–H groups in total. The molecule has 0 aromatic rings. The van der Waals surface area contributed by atoms with Crippen LogP contribution in [-0.2, 0) is 0 Å². The minimum atomic E-state index is -0.0793. The Balaban J connectivity index is 1.39. The second-order valence-electron chi connectivity index (χ2n) is 14.8. The number of aliphatic hydroxyl groups excluding tert-OH is 1. The normalized spacial score (nSPS) is 53.3. The average molecular weight is 429 g/mol. The van der Waals surface area contributed by atoms with Crippen molar-refractivity contribution in [3.05, 3.63) is 0 Å². The first-order chi connectivity index (χ1) is 14.4. The van der Waals surface area contributed by atoms with Gasteiger partial charge in [-0.05, 0) is 114 Å². The SMILES string of the molecule is CC(C)CCC[C@@H](C)[C@H]1CC[C@@]2(C)[C@H]3CC[C@@H]4C(C)(C)[C@@H](O)CC[C@@]45C[C@@]35CC[C@]12C. The largest absolute Gasteiger partial charge is 0.393 e. The molecule has 0 heterocycles. The van der Waals surface area contributed by atoms with Crippen LogP contribution in [0.1, 0.15) is 126 Å². The summed E-state index contributed by atoms with van der Waals surface area (Å²) in [5.74, 6) is 4.41. The van der Waals surface area contributed by atoms with Crippen molar-refractivity contribution >= 4 is 0 Å². The van der Waals surface area contributed by atoms with Crippen molar-refractivity contribution in [2.24, 2.45) is 56.7 Å². The third-order valence-electron chi connectivity index (χ3n) is 13.3. The summed E-state index contributed by atoms with van der Waals surface area (Å²) in [4.78, 5) is 0. The maximum absolute atomic E-state index is 10.8. The van der Waals surface area contributed by atoms with Crippen molar-refractivity contribution in [1.82, 2.24) is 0 Å². The van der Waals surface area contributed by atoms with Crippen molar-refractivity contribution in [2.45, 2.75) is 132 Å². The maximum atomic E-state index is 10.8. The summed E-state index contributed by atoms with van der Waals surface area (Å²) in [6, 6.07) is 0. The molecule has 0 aromatic heterocycles. The summed E-state index contributed by atoms with van der Waals surface area (Å²) >= 11 is 0. The lowest BCUT2D eigenvalue weighted by Crippen LogP contribution is -2.57. The summed E-state index contributed by atoms with van der Waals surface area (Å²) in [5, 5.41) is 10.8. The minimum absolute atomic E-state index is 0.0793. The second-order valence-corrected chi connectivity index (χ2v) is 14.8. The van der Waals surface area contributed by atoms with Gasteiger partial charge < -0.3 is 5.11 Å². The first kappa shape index (κ1) is 22.7. The zero-order chi connectivity index (χ0) is 22.4. The van der Waals surface area contributed by atoms with Crippen LogP contribution in [0.3, 0.4) is 0 Å². The molecule has 1 heteroatoms. The highest BCUT2D eigenvalue weighted by atomic mass is 16.3. The molecule has 5 aliphatic carbocycles. The van der Waals surface area contributed by atoms with E-state index in [1.807, 2.05) is 0 Å². The van der Waals surface area contributed by atoms with E-state index >= 15 is 0 Å². The van der Waals surface area contributed by atoms with Crippen LogP contribution >= 0.6 is 0 Å². The molecule has 0 radical (unpaired) electrons. The number of fused-ring (bicyclic) bond motifs is 2. The highest BCUT2D eigenvalue weighted by molar-refractivity contribution is 5.30. The molecule has 5 fully saturated rings. The molecule has 5 saturated carbocycles. The van der Waals surface area contributed by atoms with E-state index < -0.39 is 0 Å². The third-order valence-corrected chi connectivity index (χ3v) is 13.3. The summed E-state index contributed by atoms with van der Waals surface area (Å²) in [5.41, 5.74) is 2.45. The second kappa shape index (κ2) is 6.99. The Morgan fingerprint density at radius 1 is 0.742 bits per heavy atom. The number of aliphatic hydroxyl groups is 1. The number of hydrogen-bond acceptors (Lipinski definition) is 1. The van der Waals surface area contributed by atoms with E-state index in [0.717, 1.165) is 36.0 Å². The molecule has 0 unspecified atom stereocenters. The van der Waals surface area contributed by atoms with E-state index in [4.69, 9.17) is 0 Å². The van der Waals surface area contributed by atoms with E-state index in [2.05, 4.69) is 48.5 Å². The summed E-state index contributed by atoms with van der Waals surface area (Å²) in [6.07, 6.45) is 16.9. The molecule has 31 heavy (non-hydrogen) atoms. The fourth-order valence-electron chi connectivity index (χ4n) is 11.3. The van der Waals surface area contributed by atoms with Crippen molar-refractivity contribution in [1.29, 1.82) is 0 Å². The van der Waals surface area contributed by atoms with Gasteiger partial charge in [0.1, 0.15) is 0 Å². The molecule has 0 amide bonds. The molecule has 0 aromatic carbocycles. The quantitative estimate of drug-likeness (QED) is 0.467. The third kappa shape index (κ3) is 2.77. The smallest absolute Gasteiger partial charge is 0.0594 e. The Kier molecular flexibility index (Phi) is 5.13. The van der Waals surface area contributed by atoms with Gasteiger partial charge in [0.15, 0.2) is 0 Å². The van der Waals surface area contributed by atoms with E-state index in [9.17, 15) is 5.11 Å². The predicted octanol–water partition coefficient (Wildman–Crippen LogP) is 8.25. The topological polar surface area (TPSA) is 20.2 Å². The Hall–Kier alpha value is -0.0400. The first-order valence-corrected chi connectivity index (χ1v) is 14.1. The fraction of sp³-hybridized carbons (Fsp3) is 1.00. The van der Waals surface area contributed by atoms with Gasteiger partial charge >= 0.3 is 0 Å². The van der Waals surface area contributed by atoms with Crippen molar-refractivity contribution in [2.75, 3.05) is 0 Å². The van der Waals surface area contributed by atoms with E-state index in [1.54, 1.807) is 0 Å². The van der Waals surface area contributed by atoms with Gasteiger partial charge in [0.25, 0.3) is 0 Å². The molecule has 0 saturated heterocycles. The summed E-state index contributed by atoms with van der Waals surface area (Å²) in [7, 11) is 0. The van der Waals surface area contributed by atoms with Crippen molar-refractivity contribution < 1.29 is 5.11 Å². The van der Waals surface area contributed by atoms with Gasteiger partial charge in [0, 0.05) is 0 Å². The van der Waals surface area contributed by atoms with Gasteiger partial charge in [0.05, 0.1) is 6.10 Å². The zero-order valence-corrected chi connectivity index (χ0v) is 21.9. The standard InChI is InChI=1S/C30H52O/c1-20(2)9-8-10-21(3)22-13-15-28(7)24-12-11-23-26(4,5)25(31)14-16-29(23)19-30(24,29)18-17-27(22,28)6/h20-25,31H,8-19H2,1-7H3/t21-,22-,23-,24-,25+,27-,28+,29-,30+/m1/s1. The highest BCUT2D eigenvalue weighted by Gasteiger charge is 2.82. The van der Waals surface area contributed by atoms with Crippen molar-refractivity contribution in [3.63, 3.8) is 0 Å². The highest BCUT2D eigenvalue weighted by Crippen LogP contribution is 2.89. The first-order valence-electron chi connectivity index (χ1n) is 14.1. The Labute approximate surface area is 193 Å². The van der Waals surface area contributed by atoms with Crippen LogP contribution in [0.2, 0.25) is 0 Å². The monoisotopic (exact) mass is 428 g/mol. The van der Waals surface area contributed by atoms with E-state index in [1.165, 1.54) is 70.6 Å². The molecule has 5 rings (SSSR count). The van der Waals surface area contributed by atoms with Gasteiger partial charge in [-0.3, -0.25) is 0 Å². The lowest BCUT2D eigenvalue weighted by Gasteiger charge is -2.63. The Morgan fingerprint density at radius 3 is 2.13 bits per heavy atom. The maximum Gasteiger partial charge on any atom is 0.0594 e. The molecular weight excluding hydrogens is 376 g/mol. The molecule has 5 aliphatic rings. The van der Waals surface area contributed by atoms with Gasteiger partial charge in [-0.25, -0.2) is 0 Å². The van der Waals surface area contributed by atoms with Crippen LogP contribution in [-0.4, -0.2) is 11.2 Å². The fourth-order valence-corrected chi connectivity index (χ4v) is 11.3. The van der Waals surface area contributed by atoms with Crippen LogP contribution < -0.4 is 0 Å². The van der Waals surface area contributed by atoms with E-state index in [0.29, 0.717) is 21.7 Å². The average Bonchev–Trinajstić information content (AvgIpc) is 3.27. The molecule has 9 atom stereocenters. The predicted molar refractivity (Wildman–Crippen MR) is 131 cm³/mol. The lowest BCUT2D eigenvalue weighted by molar-refractivity contribution is -0.161. The number of rotatable bonds is 5. The van der Waals surface area contributed by atoms with Crippen LogP contribution in [0.15, 0.2) is 0 Å². The molecule has 0 bridgehead atoms.